The van der Waals surface area contributed by atoms with E-state index in [1.165, 1.54) is 17.0 Å². The average Bonchev–Trinajstić information content (AvgIpc) is 2.91. The fraction of sp³-hybridized carbons (Fsp3) is 0.355. The second-order valence-corrected chi connectivity index (χ2v) is 13.1. The van der Waals surface area contributed by atoms with Crippen LogP contribution in [0.3, 0.4) is 0 Å². The number of anilines is 1. The summed E-state index contributed by atoms with van der Waals surface area (Å²) >= 11 is 6.09. The van der Waals surface area contributed by atoms with E-state index in [1.807, 2.05) is 40.7 Å². The maximum Gasteiger partial charge on any atom is 0.264 e. The van der Waals surface area contributed by atoms with Crippen molar-refractivity contribution < 1.29 is 22.7 Å². The van der Waals surface area contributed by atoms with Crippen LogP contribution in [0.15, 0.2) is 77.7 Å². The number of nitrogens with one attached hydrogen (secondary N) is 1. The molecule has 0 aliphatic carbocycles. The third-order valence-electron chi connectivity index (χ3n) is 6.37. The molecule has 0 spiro atoms. The summed E-state index contributed by atoms with van der Waals surface area (Å²) in [6.45, 7) is 8.82. The summed E-state index contributed by atoms with van der Waals surface area (Å²) in [6.07, 6.45) is 0.323. The molecule has 0 aliphatic heterocycles. The van der Waals surface area contributed by atoms with Gasteiger partial charge in [0.15, 0.2) is 0 Å². The number of amides is 2. The maximum atomic E-state index is 14.1. The molecule has 3 aromatic rings. The summed E-state index contributed by atoms with van der Waals surface area (Å²) in [7, 11) is -2.61. The molecule has 0 aliphatic rings. The Morgan fingerprint density at radius 1 is 1.00 bits per heavy atom. The zero-order valence-corrected chi connectivity index (χ0v) is 25.9. The molecule has 0 bridgehead atoms. The highest BCUT2D eigenvalue weighted by Gasteiger charge is 2.34. The van der Waals surface area contributed by atoms with Gasteiger partial charge in [-0.2, -0.15) is 0 Å². The number of benzene rings is 3. The van der Waals surface area contributed by atoms with Crippen molar-refractivity contribution in [1.29, 1.82) is 0 Å². The van der Waals surface area contributed by atoms with E-state index in [2.05, 4.69) is 5.32 Å². The van der Waals surface area contributed by atoms with E-state index in [9.17, 15) is 18.0 Å². The second kappa shape index (κ2) is 13.4. The van der Waals surface area contributed by atoms with Crippen LogP contribution in [0, 0.1) is 6.92 Å². The van der Waals surface area contributed by atoms with Gasteiger partial charge in [-0.3, -0.25) is 13.9 Å². The Balaban J connectivity index is 2.07. The first-order chi connectivity index (χ1) is 19.2. The summed E-state index contributed by atoms with van der Waals surface area (Å²) < 4.78 is 34.2. The number of ether oxygens (including phenoxy) is 1. The van der Waals surface area contributed by atoms with Crippen molar-refractivity contribution in [2.24, 2.45) is 0 Å². The molecular weight excluding hydrogens is 562 g/mol. The third kappa shape index (κ3) is 8.47. The molecule has 8 nitrogen and oxygen atoms in total. The zero-order chi connectivity index (χ0) is 30.4. The Morgan fingerprint density at radius 3 is 2.20 bits per heavy atom. The molecule has 220 valence electrons. The van der Waals surface area contributed by atoms with Gasteiger partial charge in [0.05, 0.1) is 17.7 Å². The topological polar surface area (TPSA) is 96.0 Å². The van der Waals surface area contributed by atoms with Gasteiger partial charge in [0, 0.05) is 17.1 Å². The zero-order valence-electron chi connectivity index (χ0n) is 24.3. The third-order valence-corrected chi connectivity index (χ3v) is 8.41. The maximum absolute atomic E-state index is 14.1. The van der Waals surface area contributed by atoms with Crippen molar-refractivity contribution in [3.05, 3.63) is 88.9 Å². The van der Waals surface area contributed by atoms with Gasteiger partial charge < -0.3 is 15.0 Å². The molecular formula is C31H38ClN3O5S. The molecule has 3 aromatic carbocycles. The van der Waals surface area contributed by atoms with Crippen molar-refractivity contribution in [2.45, 2.75) is 64.1 Å². The summed E-state index contributed by atoms with van der Waals surface area (Å²) in [6, 6.07) is 19.0. The van der Waals surface area contributed by atoms with Crippen molar-refractivity contribution in [2.75, 3.05) is 18.0 Å². The van der Waals surface area contributed by atoms with Crippen molar-refractivity contribution in [1.82, 2.24) is 10.2 Å². The van der Waals surface area contributed by atoms with E-state index in [0.29, 0.717) is 17.2 Å². The van der Waals surface area contributed by atoms with Gasteiger partial charge >= 0.3 is 0 Å². The molecule has 1 N–H and O–H groups in total. The number of rotatable bonds is 11. The largest absolute Gasteiger partial charge is 0.497 e. The highest BCUT2D eigenvalue weighted by molar-refractivity contribution is 7.92. The molecule has 0 unspecified atom stereocenters. The standard InChI is InChI=1S/C31H38ClN3O5S/c1-7-28(30(37)33-31(3,4)5)34(20-23-9-8-10-26(19-23)40-6)29(36)21-35(25-15-13-24(32)14-16-25)41(38,39)27-17-11-22(2)12-18-27/h8-19,28H,7,20-21H2,1-6H3,(H,33,37)/t28-/m1/s1. The number of hydrogen-bond donors (Lipinski definition) is 1. The first-order valence-corrected chi connectivity index (χ1v) is 15.2. The van der Waals surface area contributed by atoms with Crippen molar-refractivity contribution in [3.8, 4) is 5.75 Å². The van der Waals surface area contributed by atoms with Gasteiger partial charge in [0.25, 0.3) is 10.0 Å². The molecule has 41 heavy (non-hydrogen) atoms. The number of halogens is 1. The number of carbonyl (C=O) groups is 2. The number of hydrogen-bond acceptors (Lipinski definition) is 5. The Morgan fingerprint density at radius 2 is 1.63 bits per heavy atom. The summed E-state index contributed by atoms with van der Waals surface area (Å²) in [5.41, 5.74) is 1.38. The van der Waals surface area contributed by atoms with Crippen LogP contribution in [-0.4, -0.2) is 50.4 Å². The molecule has 2 amide bonds. The first-order valence-electron chi connectivity index (χ1n) is 13.3. The SMILES string of the molecule is CC[C@H](C(=O)NC(C)(C)C)N(Cc1cccc(OC)c1)C(=O)CN(c1ccc(Cl)cc1)S(=O)(=O)c1ccc(C)cc1. The van der Waals surface area contributed by atoms with Crippen LogP contribution in [-0.2, 0) is 26.2 Å². The lowest BCUT2D eigenvalue weighted by atomic mass is 10.1. The fourth-order valence-electron chi connectivity index (χ4n) is 4.31. The van der Waals surface area contributed by atoms with Gasteiger partial charge in [-0.1, -0.05) is 48.4 Å². The Bertz CT molecular complexity index is 1450. The number of methoxy groups -OCH3 is 1. The van der Waals surface area contributed by atoms with Crippen LogP contribution in [0.25, 0.3) is 0 Å². The quantitative estimate of drug-likeness (QED) is 0.311. The number of nitrogens with zero attached hydrogens (tertiary/aromatic N) is 2. The number of aryl methyl sites for hydroxylation is 1. The number of carbonyl (C=O) groups excluding carboxylic acids is 2. The average molecular weight is 600 g/mol. The van der Waals surface area contributed by atoms with E-state index in [1.54, 1.807) is 61.7 Å². The van der Waals surface area contributed by atoms with Crippen LogP contribution in [0.4, 0.5) is 5.69 Å². The summed E-state index contributed by atoms with van der Waals surface area (Å²) in [5, 5.41) is 3.39. The molecule has 0 fully saturated rings. The Hall–Kier alpha value is -3.56. The Kier molecular flexibility index (Phi) is 10.4. The van der Waals surface area contributed by atoms with Gasteiger partial charge in [-0.15, -0.1) is 0 Å². The summed E-state index contributed by atoms with van der Waals surface area (Å²) in [5.74, 6) is -0.253. The van der Waals surface area contributed by atoms with Crippen LogP contribution in [0.2, 0.25) is 5.02 Å². The van der Waals surface area contributed by atoms with E-state index in [0.717, 1.165) is 15.4 Å². The molecule has 0 saturated heterocycles. The lowest BCUT2D eigenvalue weighted by Gasteiger charge is -2.34. The fourth-order valence-corrected chi connectivity index (χ4v) is 5.85. The highest BCUT2D eigenvalue weighted by atomic mass is 35.5. The van der Waals surface area contributed by atoms with Crippen LogP contribution in [0.5, 0.6) is 5.75 Å². The van der Waals surface area contributed by atoms with Crippen LogP contribution >= 0.6 is 11.6 Å². The minimum absolute atomic E-state index is 0.0442. The van der Waals surface area contributed by atoms with Crippen molar-refractivity contribution in [3.63, 3.8) is 0 Å². The molecule has 1 atom stereocenters. The molecule has 0 aromatic heterocycles. The predicted molar refractivity (Wildman–Crippen MR) is 163 cm³/mol. The molecule has 0 heterocycles. The van der Waals surface area contributed by atoms with Crippen LogP contribution in [0.1, 0.15) is 45.2 Å². The van der Waals surface area contributed by atoms with Gasteiger partial charge in [-0.25, -0.2) is 8.42 Å². The van der Waals surface area contributed by atoms with Gasteiger partial charge in [0.1, 0.15) is 18.3 Å². The predicted octanol–water partition coefficient (Wildman–Crippen LogP) is 5.57. The lowest BCUT2D eigenvalue weighted by Crippen LogP contribution is -2.55. The number of sulfonamides is 1. The normalized spacial score (nSPS) is 12.4. The second-order valence-electron chi connectivity index (χ2n) is 10.8. The monoisotopic (exact) mass is 599 g/mol. The van der Waals surface area contributed by atoms with Gasteiger partial charge in [0.2, 0.25) is 11.8 Å². The van der Waals surface area contributed by atoms with E-state index < -0.39 is 34.1 Å². The van der Waals surface area contributed by atoms with E-state index >= 15 is 0 Å². The minimum Gasteiger partial charge on any atom is -0.497 e. The smallest absolute Gasteiger partial charge is 0.264 e. The first kappa shape index (κ1) is 32.0. The van der Waals surface area contributed by atoms with Gasteiger partial charge in [-0.05, 0) is 88.2 Å². The molecule has 0 radical (unpaired) electrons. The molecule has 0 saturated carbocycles. The minimum atomic E-state index is -4.16. The van der Waals surface area contributed by atoms with E-state index in [4.69, 9.17) is 16.3 Å². The van der Waals surface area contributed by atoms with Crippen molar-refractivity contribution >= 4 is 39.1 Å². The molecule has 3 rings (SSSR count). The summed E-state index contributed by atoms with van der Waals surface area (Å²) in [4.78, 5) is 29.0. The Labute approximate surface area is 248 Å². The highest BCUT2D eigenvalue weighted by Crippen LogP contribution is 2.27. The molecule has 10 heteroatoms. The van der Waals surface area contributed by atoms with Crippen LogP contribution < -0.4 is 14.4 Å². The lowest BCUT2D eigenvalue weighted by molar-refractivity contribution is -0.141. The van der Waals surface area contributed by atoms with E-state index in [-0.39, 0.29) is 23.0 Å².